The van der Waals surface area contributed by atoms with E-state index in [1.165, 1.54) is 87.4 Å². The van der Waals surface area contributed by atoms with Crippen LogP contribution in [0.4, 0.5) is 17.1 Å². The van der Waals surface area contributed by atoms with Crippen molar-refractivity contribution in [1.82, 2.24) is 0 Å². The summed E-state index contributed by atoms with van der Waals surface area (Å²) in [7, 11) is 0. The predicted octanol–water partition coefficient (Wildman–Crippen LogP) is 15.1. The highest BCUT2D eigenvalue weighted by Gasteiger charge is 2.77. The zero-order chi connectivity index (χ0) is 37.6. The fourth-order valence-corrected chi connectivity index (χ4v) is 12.2. The van der Waals surface area contributed by atoms with E-state index in [0.717, 1.165) is 40.2 Å². The van der Waals surface area contributed by atoms with Crippen LogP contribution in [0.3, 0.4) is 0 Å². The van der Waals surface area contributed by atoms with Crippen LogP contribution < -0.4 is 4.90 Å². The number of nitrogens with zero attached hydrogens (tertiary/aromatic N) is 1. The number of fused-ring (bicyclic) bond motifs is 2. The molecule has 57 heavy (non-hydrogen) atoms. The predicted molar refractivity (Wildman–Crippen MR) is 238 cm³/mol. The average Bonchev–Trinajstić information content (AvgIpc) is 3.77. The van der Waals surface area contributed by atoms with Crippen molar-refractivity contribution in [3.63, 3.8) is 0 Å². The van der Waals surface area contributed by atoms with E-state index in [9.17, 15) is 0 Å². The van der Waals surface area contributed by atoms with Gasteiger partial charge in [0.1, 0.15) is 0 Å². The molecule has 0 radical (unpaired) electrons. The zero-order valence-corrected chi connectivity index (χ0v) is 32.2. The monoisotopic (exact) mass is 731 g/mol. The largest absolute Gasteiger partial charge is 0.311 e. The van der Waals surface area contributed by atoms with Crippen molar-refractivity contribution in [1.29, 1.82) is 0 Å². The third-order valence-electron chi connectivity index (χ3n) is 14.9. The van der Waals surface area contributed by atoms with Crippen LogP contribution >= 0.6 is 0 Å². The molecular formula is C56H45N. The molecule has 1 heteroatoms. The molecule has 2 bridgehead atoms. The molecule has 0 N–H and O–H groups in total. The van der Waals surface area contributed by atoms with E-state index < -0.39 is 0 Å². The first-order chi connectivity index (χ1) is 28.1. The SMILES string of the molecule is c1ccc(-c2ccc(N(c3ccc(-c4ccccc4)cc3)c3ccc(-c4cc5ccc(C67CC8CC9CC(C6)C98C7)cc5cc4-c4ccccc4)cc3)cc2)cc1. The van der Waals surface area contributed by atoms with Gasteiger partial charge in [0, 0.05) is 17.1 Å². The summed E-state index contributed by atoms with van der Waals surface area (Å²) >= 11 is 0. The Morgan fingerprint density at radius 3 is 1.26 bits per heavy atom. The van der Waals surface area contributed by atoms with Gasteiger partial charge in [-0.25, -0.2) is 0 Å². The van der Waals surface area contributed by atoms with E-state index >= 15 is 0 Å². The fourth-order valence-electron chi connectivity index (χ4n) is 12.2. The summed E-state index contributed by atoms with van der Waals surface area (Å²) in [5.41, 5.74) is 16.1. The van der Waals surface area contributed by atoms with Gasteiger partial charge in [-0.2, -0.15) is 0 Å². The van der Waals surface area contributed by atoms with Crippen LogP contribution in [-0.2, 0) is 5.41 Å². The molecule has 0 amide bonds. The van der Waals surface area contributed by atoms with Crippen LogP contribution in [0.2, 0.25) is 0 Å². The summed E-state index contributed by atoms with van der Waals surface area (Å²) in [5, 5.41) is 2.70. The molecule has 8 aromatic rings. The number of anilines is 3. The summed E-state index contributed by atoms with van der Waals surface area (Å²) in [4.78, 5) is 2.37. The number of rotatable bonds is 8. The van der Waals surface area contributed by atoms with E-state index in [1.54, 1.807) is 5.56 Å². The number of hydrogen-bond acceptors (Lipinski definition) is 1. The van der Waals surface area contributed by atoms with Gasteiger partial charge in [0.05, 0.1) is 0 Å². The Kier molecular flexibility index (Phi) is 7.33. The summed E-state index contributed by atoms with van der Waals surface area (Å²) in [6, 6.07) is 71.9. The Morgan fingerprint density at radius 2 is 0.789 bits per heavy atom. The molecular weight excluding hydrogens is 687 g/mol. The Balaban J connectivity index is 0.926. The van der Waals surface area contributed by atoms with Crippen LogP contribution in [0.5, 0.6) is 0 Å². The maximum atomic E-state index is 2.58. The molecule has 0 saturated heterocycles. The van der Waals surface area contributed by atoms with Crippen molar-refractivity contribution in [2.24, 2.45) is 23.2 Å². The Hall–Kier alpha value is -6.18. The van der Waals surface area contributed by atoms with Crippen LogP contribution in [0.15, 0.2) is 194 Å². The van der Waals surface area contributed by atoms with E-state index in [1.807, 2.05) is 0 Å². The lowest BCUT2D eigenvalue weighted by molar-refractivity contribution is -0.175. The van der Waals surface area contributed by atoms with Gasteiger partial charge in [-0.15, -0.1) is 0 Å². The molecule has 2 atom stereocenters. The highest BCUT2D eigenvalue weighted by atomic mass is 15.1. The summed E-state index contributed by atoms with van der Waals surface area (Å²) in [6.45, 7) is 0. The molecule has 12 rings (SSSR count). The minimum Gasteiger partial charge on any atom is -0.311 e. The van der Waals surface area contributed by atoms with E-state index in [2.05, 4.69) is 199 Å². The second-order valence-corrected chi connectivity index (χ2v) is 17.6. The second kappa shape index (κ2) is 12.7. The summed E-state index contributed by atoms with van der Waals surface area (Å²) in [5.74, 6) is 3.03. The summed E-state index contributed by atoms with van der Waals surface area (Å²) in [6.07, 6.45) is 7.31. The number of hydrogen-bond donors (Lipinski definition) is 0. The normalized spacial score (nSPS) is 23.8. The van der Waals surface area contributed by atoms with Gasteiger partial charge < -0.3 is 4.90 Å². The molecule has 4 aliphatic carbocycles. The van der Waals surface area contributed by atoms with Crippen molar-refractivity contribution in [2.75, 3.05) is 4.90 Å². The van der Waals surface area contributed by atoms with Gasteiger partial charge in [0.25, 0.3) is 0 Å². The third-order valence-corrected chi connectivity index (χ3v) is 14.9. The van der Waals surface area contributed by atoms with Gasteiger partial charge in [-0.1, -0.05) is 146 Å². The Bertz CT molecular complexity index is 2650. The first-order valence-electron chi connectivity index (χ1n) is 21.0. The van der Waals surface area contributed by atoms with Crippen LogP contribution in [0, 0.1) is 23.2 Å². The molecule has 0 aromatic heterocycles. The lowest BCUT2D eigenvalue weighted by atomic mass is 9.38. The van der Waals surface area contributed by atoms with Gasteiger partial charge in [0.15, 0.2) is 0 Å². The zero-order valence-electron chi connectivity index (χ0n) is 32.2. The molecule has 0 aliphatic heterocycles. The third kappa shape index (κ3) is 5.14. The average molecular weight is 732 g/mol. The van der Waals surface area contributed by atoms with Crippen LogP contribution in [0.25, 0.3) is 55.3 Å². The first kappa shape index (κ1) is 33.0. The second-order valence-electron chi connectivity index (χ2n) is 17.6. The molecule has 1 nitrogen and oxygen atoms in total. The Morgan fingerprint density at radius 1 is 0.368 bits per heavy atom. The maximum Gasteiger partial charge on any atom is 0.0462 e. The molecule has 2 unspecified atom stereocenters. The maximum absolute atomic E-state index is 2.58. The van der Waals surface area contributed by atoms with Crippen molar-refractivity contribution in [3.05, 3.63) is 200 Å². The van der Waals surface area contributed by atoms with Gasteiger partial charge >= 0.3 is 0 Å². The van der Waals surface area contributed by atoms with E-state index in [4.69, 9.17) is 0 Å². The standard InChI is InChI=1S/C56H45N/c1-4-10-38(11-5-1)40-17-24-50(25-18-40)57(51-26-19-41(20-27-51)39-12-6-2-7-13-39)52-28-21-43(22-29-52)53-31-44-16-23-46(30-45(44)32-54(53)42-14-8-3-9-15-42)55-35-48-33-47-34-49(36-55)56(47,48)37-55/h1-32,47-49H,33-37H2. The fraction of sp³-hybridized carbons (Fsp3) is 0.179. The molecule has 0 heterocycles. The molecule has 8 aromatic carbocycles. The van der Waals surface area contributed by atoms with Crippen molar-refractivity contribution in [3.8, 4) is 44.5 Å². The number of benzene rings is 8. The van der Waals surface area contributed by atoms with Crippen molar-refractivity contribution in [2.45, 2.75) is 37.5 Å². The molecule has 4 aliphatic rings. The lowest BCUT2D eigenvalue weighted by Gasteiger charge is -2.66. The van der Waals surface area contributed by atoms with Crippen molar-refractivity contribution < 1.29 is 0 Å². The van der Waals surface area contributed by atoms with Gasteiger partial charge in [-0.3, -0.25) is 0 Å². The lowest BCUT2D eigenvalue weighted by Crippen LogP contribution is -2.59. The topological polar surface area (TPSA) is 3.24 Å². The first-order valence-corrected chi connectivity index (χ1v) is 21.0. The quantitative estimate of drug-likeness (QED) is 0.150. The molecule has 4 fully saturated rings. The highest BCUT2D eigenvalue weighted by Crippen LogP contribution is 2.84. The molecule has 1 spiro atoms. The summed E-state index contributed by atoms with van der Waals surface area (Å²) < 4.78 is 0. The van der Waals surface area contributed by atoms with E-state index in [-0.39, 0.29) is 0 Å². The minimum atomic E-state index is 0.409. The van der Waals surface area contributed by atoms with Crippen molar-refractivity contribution >= 4 is 27.8 Å². The smallest absolute Gasteiger partial charge is 0.0462 e. The molecule has 4 saturated carbocycles. The van der Waals surface area contributed by atoms with Gasteiger partial charge in [0.2, 0.25) is 0 Å². The highest BCUT2D eigenvalue weighted by molar-refractivity contribution is 5.97. The van der Waals surface area contributed by atoms with Gasteiger partial charge in [-0.05, 0) is 170 Å². The Labute approximate surface area is 336 Å². The minimum absolute atomic E-state index is 0.409. The van der Waals surface area contributed by atoms with E-state index in [0.29, 0.717) is 5.41 Å². The molecule has 274 valence electrons. The van der Waals surface area contributed by atoms with Crippen LogP contribution in [0.1, 0.15) is 37.7 Å². The van der Waals surface area contributed by atoms with Crippen LogP contribution in [-0.4, -0.2) is 0 Å².